The maximum absolute atomic E-state index is 4.74. The summed E-state index contributed by atoms with van der Waals surface area (Å²) in [4.78, 5) is 4.74. The van der Waals surface area contributed by atoms with Crippen molar-refractivity contribution >= 4 is 5.96 Å². The van der Waals surface area contributed by atoms with E-state index in [0.717, 1.165) is 31.5 Å². The molecule has 0 radical (unpaired) electrons. The average Bonchev–Trinajstić information content (AvgIpc) is 2.21. The highest BCUT2D eigenvalue weighted by Gasteiger charge is 2.37. The highest BCUT2D eigenvalue weighted by molar-refractivity contribution is 5.79. The first kappa shape index (κ1) is 14.3. The number of nitrogens with one attached hydrogen (secondary N) is 2. The van der Waals surface area contributed by atoms with Crippen LogP contribution in [0.5, 0.6) is 0 Å². The summed E-state index contributed by atoms with van der Waals surface area (Å²) in [7, 11) is 0. The fourth-order valence-corrected chi connectivity index (χ4v) is 2.73. The second-order valence-electron chi connectivity index (χ2n) is 5.68. The third-order valence-electron chi connectivity index (χ3n) is 3.52. The second kappa shape index (κ2) is 6.87. The van der Waals surface area contributed by atoms with E-state index in [2.05, 4.69) is 38.3 Å². The fourth-order valence-electron chi connectivity index (χ4n) is 2.73. The van der Waals surface area contributed by atoms with Crippen molar-refractivity contribution in [3.63, 3.8) is 0 Å². The molecular weight excluding hydrogens is 210 g/mol. The molecule has 17 heavy (non-hydrogen) atoms. The largest absolute Gasteiger partial charge is 0.357 e. The molecule has 1 rings (SSSR count). The molecule has 0 aromatic heterocycles. The van der Waals surface area contributed by atoms with Crippen LogP contribution < -0.4 is 10.6 Å². The number of guanidine groups is 1. The van der Waals surface area contributed by atoms with Crippen molar-refractivity contribution in [2.75, 3.05) is 19.6 Å². The monoisotopic (exact) mass is 239 g/mol. The second-order valence-corrected chi connectivity index (χ2v) is 5.68. The van der Waals surface area contributed by atoms with Crippen LogP contribution in [0.4, 0.5) is 0 Å². The Morgan fingerprint density at radius 2 is 1.76 bits per heavy atom. The normalized spacial score (nSPS) is 17.5. The maximum Gasteiger partial charge on any atom is 0.191 e. The van der Waals surface area contributed by atoms with Crippen LogP contribution in [-0.4, -0.2) is 25.6 Å². The van der Waals surface area contributed by atoms with Gasteiger partial charge in [0.2, 0.25) is 0 Å². The molecule has 1 fully saturated rings. The minimum absolute atomic E-state index is 0.504. The van der Waals surface area contributed by atoms with Gasteiger partial charge in [0.1, 0.15) is 0 Å². The molecule has 1 aliphatic rings. The summed E-state index contributed by atoms with van der Waals surface area (Å²) in [6.45, 7) is 11.7. The fraction of sp³-hybridized carbons (Fsp3) is 0.929. The molecule has 0 atom stereocenters. The number of nitrogens with zero attached hydrogens (tertiary/aromatic N) is 1. The van der Waals surface area contributed by atoms with E-state index in [9.17, 15) is 0 Å². The Kier molecular flexibility index (Phi) is 5.79. The third kappa shape index (κ3) is 4.57. The van der Waals surface area contributed by atoms with E-state index in [0.29, 0.717) is 5.41 Å². The van der Waals surface area contributed by atoms with E-state index in [4.69, 9.17) is 4.99 Å². The van der Waals surface area contributed by atoms with E-state index < -0.39 is 0 Å². The van der Waals surface area contributed by atoms with Gasteiger partial charge in [0.25, 0.3) is 0 Å². The van der Waals surface area contributed by atoms with Crippen molar-refractivity contribution in [2.45, 2.75) is 53.4 Å². The van der Waals surface area contributed by atoms with Crippen LogP contribution in [0.2, 0.25) is 0 Å². The highest BCUT2D eigenvalue weighted by atomic mass is 15.2. The highest BCUT2D eigenvalue weighted by Crippen LogP contribution is 2.46. The number of hydrogen-bond donors (Lipinski definition) is 2. The van der Waals surface area contributed by atoms with Gasteiger partial charge < -0.3 is 10.6 Å². The van der Waals surface area contributed by atoms with Crippen LogP contribution in [0, 0.1) is 11.3 Å². The van der Waals surface area contributed by atoms with Crippen molar-refractivity contribution < 1.29 is 0 Å². The predicted molar refractivity (Wildman–Crippen MR) is 75.4 cm³/mol. The minimum Gasteiger partial charge on any atom is -0.357 e. The molecule has 0 aliphatic heterocycles. The average molecular weight is 239 g/mol. The SMILES string of the molecule is CCNC(=NCC1(CC(C)C)CCC1)NCC. The summed E-state index contributed by atoms with van der Waals surface area (Å²) in [5.74, 6) is 1.76. The molecule has 1 aliphatic carbocycles. The van der Waals surface area contributed by atoms with Gasteiger partial charge in [0.05, 0.1) is 0 Å². The summed E-state index contributed by atoms with van der Waals surface area (Å²) >= 11 is 0. The topological polar surface area (TPSA) is 36.4 Å². The lowest BCUT2D eigenvalue weighted by molar-refractivity contribution is 0.111. The summed E-state index contributed by atoms with van der Waals surface area (Å²) in [5, 5.41) is 6.59. The van der Waals surface area contributed by atoms with Gasteiger partial charge in [0, 0.05) is 19.6 Å². The Labute approximate surface area is 106 Å². The smallest absolute Gasteiger partial charge is 0.191 e. The molecule has 0 unspecified atom stereocenters. The first-order valence-corrected chi connectivity index (χ1v) is 7.14. The van der Waals surface area contributed by atoms with E-state index in [-0.39, 0.29) is 0 Å². The molecule has 0 aromatic rings. The molecule has 0 saturated heterocycles. The quantitative estimate of drug-likeness (QED) is 0.552. The summed E-state index contributed by atoms with van der Waals surface area (Å²) in [6, 6.07) is 0. The molecule has 0 heterocycles. The molecule has 0 amide bonds. The van der Waals surface area contributed by atoms with Gasteiger partial charge in [-0.15, -0.1) is 0 Å². The number of aliphatic imine (C=N–C) groups is 1. The molecule has 0 bridgehead atoms. The summed E-state index contributed by atoms with van der Waals surface area (Å²) in [5.41, 5.74) is 0.504. The van der Waals surface area contributed by atoms with Crippen LogP contribution in [0.1, 0.15) is 53.4 Å². The number of hydrogen-bond acceptors (Lipinski definition) is 1. The van der Waals surface area contributed by atoms with Gasteiger partial charge in [-0.1, -0.05) is 20.3 Å². The Bertz CT molecular complexity index is 234. The molecule has 0 aromatic carbocycles. The maximum atomic E-state index is 4.74. The lowest BCUT2D eigenvalue weighted by Crippen LogP contribution is -2.40. The molecule has 2 N–H and O–H groups in total. The lowest BCUT2D eigenvalue weighted by atomic mass is 9.64. The Balaban J connectivity index is 2.51. The zero-order valence-electron chi connectivity index (χ0n) is 12.0. The molecule has 3 heteroatoms. The molecular formula is C14H29N3. The van der Waals surface area contributed by atoms with Crippen LogP contribution in [0.3, 0.4) is 0 Å². The Morgan fingerprint density at radius 3 is 2.12 bits per heavy atom. The summed E-state index contributed by atoms with van der Waals surface area (Å²) < 4.78 is 0. The Hall–Kier alpha value is -0.730. The zero-order valence-corrected chi connectivity index (χ0v) is 12.0. The zero-order chi connectivity index (χ0) is 12.7. The van der Waals surface area contributed by atoms with Crippen molar-refractivity contribution in [2.24, 2.45) is 16.3 Å². The van der Waals surface area contributed by atoms with Gasteiger partial charge in [-0.05, 0) is 44.4 Å². The van der Waals surface area contributed by atoms with Crippen molar-refractivity contribution in [1.29, 1.82) is 0 Å². The molecule has 3 nitrogen and oxygen atoms in total. The Morgan fingerprint density at radius 1 is 1.18 bits per heavy atom. The van der Waals surface area contributed by atoms with Crippen LogP contribution in [0.15, 0.2) is 4.99 Å². The van der Waals surface area contributed by atoms with Gasteiger partial charge in [0.15, 0.2) is 5.96 Å². The van der Waals surface area contributed by atoms with Crippen molar-refractivity contribution in [3.05, 3.63) is 0 Å². The van der Waals surface area contributed by atoms with E-state index >= 15 is 0 Å². The third-order valence-corrected chi connectivity index (χ3v) is 3.52. The van der Waals surface area contributed by atoms with E-state index in [1.807, 2.05) is 0 Å². The minimum atomic E-state index is 0.504. The van der Waals surface area contributed by atoms with Crippen LogP contribution in [-0.2, 0) is 0 Å². The van der Waals surface area contributed by atoms with Crippen LogP contribution >= 0.6 is 0 Å². The van der Waals surface area contributed by atoms with E-state index in [1.54, 1.807) is 0 Å². The standard InChI is InChI=1S/C14H29N3/c1-5-15-13(16-6-2)17-11-14(8-7-9-14)10-12(3)4/h12H,5-11H2,1-4H3,(H2,15,16,17). The molecule has 0 spiro atoms. The van der Waals surface area contributed by atoms with Crippen LogP contribution in [0.25, 0.3) is 0 Å². The first-order valence-electron chi connectivity index (χ1n) is 7.14. The van der Waals surface area contributed by atoms with Gasteiger partial charge in [-0.2, -0.15) is 0 Å². The first-order chi connectivity index (χ1) is 8.12. The van der Waals surface area contributed by atoms with E-state index in [1.165, 1.54) is 25.7 Å². The molecule has 100 valence electrons. The summed E-state index contributed by atoms with van der Waals surface area (Å²) in [6.07, 6.45) is 5.43. The predicted octanol–water partition coefficient (Wildman–Crippen LogP) is 2.78. The number of rotatable bonds is 6. The van der Waals surface area contributed by atoms with Gasteiger partial charge in [-0.3, -0.25) is 4.99 Å². The van der Waals surface area contributed by atoms with Crippen molar-refractivity contribution in [3.8, 4) is 0 Å². The van der Waals surface area contributed by atoms with Gasteiger partial charge >= 0.3 is 0 Å². The lowest BCUT2D eigenvalue weighted by Gasteiger charge is -2.42. The van der Waals surface area contributed by atoms with Crippen molar-refractivity contribution in [1.82, 2.24) is 10.6 Å². The molecule has 1 saturated carbocycles. The van der Waals surface area contributed by atoms with Gasteiger partial charge in [-0.25, -0.2) is 0 Å².